The maximum Gasteiger partial charge on any atom is 0.261 e. The molecule has 3 heterocycles. The molecule has 3 rings (SSSR count). The Bertz CT molecular complexity index is 760. The molecule has 1 aliphatic heterocycles. The SMILES string of the molecule is Cc1cccc(=O)n1CCCNC(=O)c1ccc(C2CCCO2)s1. The summed E-state index contributed by atoms with van der Waals surface area (Å²) in [6.07, 6.45) is 3.00. The standard InChI is InChI=1S/C18H22N2O3S/c1-13-5-2-7-17(21)20(13)11-4-10-19-18(22)16-9-8-15(24-16)14-6-3-12-23-14/h2,5,7-9,14H,3-4,6,10-12H2,1H3,(H,19,22). The van der Waals surface area contributed by atoms with Gasteiger partial charge in [-0.05, 0) is 44.4 Å². The molecule has 0 bridgehead atoms. The first-order chi connectivity index (χ1) is 11.6. The fourth-order valence-electron chi connectivity index (χ4n) is 2.89. The number of rotatable bonds is 6. The van der Waals surface area contributed by atoms with Gasteiger partial charge < -0.3 is 14.6 Å². The monoisotopic (exact) mass is 346 g/mol. The third kappa shape index (κ3) is 3.94. The quantitative estimate of drug-likeness (QED) is 0.818. The first-order valence-corrected chi connectivity index (χ1v) is 9.13. The zero-order valence-electron chi connectivity index (χ0n) is 13.8. The molecule has 0 radical (unpaired) electrons. The molecule has 6 heteroatoms. The third-order valence-corrected chi connectivity index (χ3v) is 5.39. The number of pyridine rings is 1. The molecule has 24 heavy (non-hydrogen) atoms. The van der Waals surface area contributed by atoms with E-state index in [1.807, 2.05) is 25.1 Å². The Morgan fingerprint density at radius 2 is 2.25 bits per heavy atom. The number of thiophene rings is 1. The minimum atomic E-state index is -0.0543. The van der Waals surface area contributed by atoms with Crippen molar-refractivity contribution in [3.63, 3.8) is 0 Å². The van der Waals surface area contributed by atoms with E-state index in [1.165, 1.54) is 11.3 Å². The van der Waals surface area contributed by atoms with Crippen molar-refractivity contribution in [2.75, 3.05) is 13.2 Å². The van der Waals surface area contributed by atoms with E-state index in [4.69, 9.17) is 4.74 Å². The first kappa shape index (κ1) is 16.9. The second-order valence-electron chi connectivity index (χ2n) is 5.97. The van der Waals surface area contributed by atoms with E-state index in [0.29, 0.717) is 18.0 Å². The molecule has 5 nitrogen and oxygen atoms in total. The lowest BCUT2D eigenvalue weighted by Crippen LogP contribution is -2.27. The maximum atomic E-state index is 12.2. The highest BCUT2D eigenvalue weighted by Crippen LogP contribution is 2.33. The average Bonchev–Trinajstić information content (AvgIpc) is 3.24. The molecule has 0 aromatic carbocycles. The number of ether oxygens (including phenoxy) is 1. The lowest BCUT2D eigenvalue weighted by Gasteiger charge is -2.09. The highest BCUT2D eigenvalue weighted by atomic mass is 32.1. The van der Waals surface area contributed by atoms with Gasteiger partial charge in [0.25, 0.3) is 11.5 Å². The van der Waals surface area contributed by atoms with Gasteiger partial charge in [-0.2, -0.15) is 0 Å². The average molecular weight is 346 g/mol. The van der Waals surface area contributed by atoms with Gasteiger partial charge >= 0.3 is 0 Å². The maximum absolute atomic E-state index is 12.2. The number of nitrogens with zero attached hydrogens (tertiary/aromatic N) is 1. The minimum absolute atomic E-state index is 0.000730. The summed E-state index contributed by atoms with van der Waals surface area (Å²) < 4.78 is 7.38. The Morgan fingerprint density at radius 1 is 1.38 bits per heavy atom. The van der Waals surface area contributed by atoms with Crippen LogP contribution in [0.2, 0.25) is 0 Å². The van der Waals surface area contributed by atoms with Crippen LogP contribution in [0.1, 0.15) is 45.6 Å². The lowest BCUT2D eigenvalue weighted by molar-refractivity contribution is 0.0957. The highest BCUT2D eigenvalue weighted by molar-refractivity contribution is 7.14. The number of hydrogen-bond donors (Lipinski definition) is 1. The molecule has 1 saturated heterocycles. The number of hydrogen-bond acceptors (Lipinski definition) is 4. The number of carbonyl (C=O) groups excluding carboxylic acids is 1. The van der Waals surface area contributed by atoms with Gasteiger partial charge in [-0.3, -0.25) is 9.59 Å². The Morgan fingerprint density at radius 3 is 3.00 bits per heavy atom. The van der Waals surface area contributed by atoms with Gasteiger partial charge in [-0.25, -0.2) is 0 Å². The molecule has 0 spiro atoms. The molecule has 2 aromatic heterocycles. The van der Waals surface area contributed by atoms with E-state index in [0.717, 1.165) is 36.4 Å². The Hall–Kier alpha value is -1.92. The molecule has 1 N–H and O–H groups in total. The van der Waals surface area contributed by atoms with Crippen molar-refractivity contribution in [3.8, 4) is 0 Å². The zero-order chi connectivity index (χ0) is 16.9. The molecule has 0 saturated carbocycles. The van der Waals surface area contributed by atoms with Gasteiger partial charge in [0.05, 0.1) is 11.0 Å². The van der Waals surface area contributed by atoms with Crippen LogP contribution >= 0.6 is 11.3 Å². The molecule has 0 aliphatic carbocycles. The van der Waals surface area contributed by atoms with Crippen molar-refractivity contribution < 1.29 is 9.53 Å². The van der Waals surface area contributed by atoms with Crippen LogP contribution < -0.4 is 10.9 Å². The molecule has 1 aliphatic rings. The van der Waals surface area contributed by atoms with Crippen LogP contribution in [0.4, 0.5) is 0 Å². The van der Waals surface area contributed by atoms with E-state index in [2.05, 4.69) is 5.32 Å². The summed E-state index contributed by atoms with van der Waals surface area (Å²) in [5.41, 5.74) is 0.939. The van der Waals surface area contributed by atoms with Crippen molar-refractivity contribution in [3.05, 3.63) is 56.1 Å². The molecule has 1 atom stereocenters. The summed E-state index contributed by atoms with van der Waals surface area (Å²) >= 11 is 1.51. The zero-order valence-corrected chi connectivity index (χ0v) is 14.6. The number of nitrogens with one attached hydrogen (secondary N) is 1. The smallest absolute Gasteiger partial charge is 0.261 e. The summed E-state index contributed by atoms with van der Waals surface area (Å²) in [7, 11) is 0. The molecule has 2 aromatic rings. The largest absolute Gasteiger partial charge is 0.373 e. The van der Waals surface area contributed by atoms with Gasteiger partial charge in [0.15, 0.2) is 0 Å². The van der Waals surface area contributed by atoms with E-state index in [1.54, 1.807) is 16.7 Å². The summed E-state index contributed by atoms with van der Waals surface area (Å²) in [5.74, 6) is -0.0543. The minimum Gasteiger partial charge on any atom is -0.373 e. The second-order valence-corrected chi connectivity index (χ2v) is 7.09. The van der Waals surface area contributed by atoms with E-state index >= 15 is 0 Å². The van der Waals surface area contributed by atoms with Crippen LogP contribution in [0.15, 0.2) is 35.1 Å². The number of aryl methyl sites for hydroxylation is 1. The van der Waals surface area contributed by atoms with Gasteiger partial charge in [0.2, 0.25) is 0 Å². The fourth-order valence-corrected chi connectivity index (χ4v) is 3.89. The number of carbonyl (C=O) groups is 1. The van der Waals surface area contributed by atoms with Crippen molar-refractivity contribution in [1.82, 2.24) is 9.88 Å². The van der Waals surface area contributed by atoms with Gasteiger partial charge in [0, 0.05) is 36.3 Å². The van der Waals surface area contributed by atoms with Gasteiger partial charge in [0.1, 0.15) is 0 Å². The number of aromatic nitrogens is 1. The van der Waals surface area contributed by atoms with Crippen LogP contribution in [0.5, 0.6) is 0 Å². The van der Waals surface area contributed by atoms with Crippen molar-refractivity contribution in [2.24, 2.45) is 0 Å². The van der Waals surface area contributed by atoms with Crippen LogP contribution in [0.3, 0.4) is 0 Å². The van der Waals surface area contributed by atoms with Crippen LogP contribution in [-0.4, -0.2) is 23.6 Å². The summed E-state index contributed by atoms with van der Waals surface area (Å²) in [5, 5.41) is 2.93. The van der Waals surface area contributed by atoms with Crippen molar-refractivity contribution in [2.45, 2.75) is 38.8 Å². The molecular formula is C18H22N2O3S. The van der Waals surface area contributed by atoms with E-state index in [-0.39, 0.29) is 17.6 Å². The molecule has 1 amide bonds. The Kier molecular flexibility index (Phi) is 5.48. The lowest BCUT2D eigenvalue weighted by atomic mass is 10.2. The summed E-state index contributed by atoms with van der Waals surface area (Å²) in [4.78, 5) is 25.8. The third-order valence-electron chi connectivity index (χ3n) is 4.21. The van der Waals surface area contributed by atoms with Gasteiger partial charge in [-0.15, -0.1) is 11.3 Å². The highest BCUT2D eigenvalue weighted by Gasteiger charge is 2.20. The molecule has 1 unspecified atom stereocenters. The molecule has 128 valence electrons. The predicted octanol–water partition coefficient (Wildman–Crippen LogP) is 2.89. The Labute approximate surface area is 145 Å². The predicted molar refractivity (Wildman–Crippen MR) is 94.6 cm³/mol. The topological polar surface area (TPSA) is 60.3 Å². The van der Waals surface area contributed by atoms with Crippen molar-refractivity contribution >= 4 is 17.2 Å². The summed E-state index contributed by atoms with van der Waals surface area (Å²) in [6, 6.07) is 9.09. The van der Waals surface area contributed by atoms with E-state index < -0.39 is 0 Å². The number of amides is 1. The first-order valence-electron chi connectivity index (χ1n) is 8.31. The van der Waals surface area contributed by atoms with Crippen LogP contribution in [0.25, 0.3) is 0 Å². The fraction of sp³-hybridized carbons (Fsp3) is 0.444. The summed E-state index contributed by atoms with van der Waals surface area (Å²) in [6.45, 7) is 3.88. The second kappa shape index (κ2) is 7.77. The Balaban J connectivity index is 1.48. The normalized spacial score (nSPS) is 17.1. The van der Waals surface area contributed by atoms with Crippen LogP contribution in [0, 0.1) is 6.92 Å². The molecular weight excluding hydrogens is 324 g/mol. The van der Waals surface area contributed by atoms with Crippen molar-refractivity contribution in [1.29, 1.82) is 0 Å². The molecule has 1 fully saturated rings. The van der Waals surface area contributed by atoms with Gasteiger partial charge in [-0.1, -0.05) is 6.07 Å². The van der Waals surface area contributed by atoms with E-state index in [9.17, 15) is 9.59 Å². The van der Waals surface area contributed by atoms with Crippen LogP contribution in [-0.2, 0) is 11.3 Å².